The molecule has 4 nitrogen and oxygen atoms in total. The molecular formula is C21H17IN2O2. The summed E-state index contributed by atoms with van der Waals surface area (Å²) in [5.74, 6) is 6.08. The van der Waals surface area contributed by atoms with Crippen LogP contribution >= 0.6 is 22.6 Å². The second-order valence-electron chi connectivity index (χ2n) is 6.45. The van der Waals surface area contributed by atoms with Gasteiger partial charge in [-0.1, -0.05) is 23.2 Å². The quantitative estimate of drug-likeness (QED) is 0.397. The summed E-state index contributed by atoms with van der Waals surface area (Å²) in [6, 6.07) is 11.8. The number of anilines is 2. The first-order chi connectivity index (χ1) is 12.6. The fraction of sp³-hybridized carbons (Fsp3) is 0.238. The van der Waals surface area contributed by atoms with Gasteiger partial charge >= 0.3 is 5.91 Å². The zero-order valence-corrected chi connectivity index (χ0v) is 16.7. The van der Waals surface area contributed by atoms with Gasteiger partial charge < -0.3 is 4.52 Å². The number of aromatic nitrogens is 1. The van der Waals surface area contributed by atoms with Gasteiger partial charge in [0, 0.05) is 3.57 Å². The number of nitrogens with zero attached hydrogens (tertiary/aromatic N) is 2. The van der Waals surface area contributed by atoms with Gasteiger partial charge in [0.05, 0.1) is 11.1 Å². The summed E-state index contributed by atoms with van der Waals surface area (Å²) in [6.45, 7) is 3.72. The molecule has 1 aliphatic rings. The van der Waals surface area contributed by atoms with E-state index in [0.717, 1.165) is 29.5 Å². The van der Waals surface area contributed by atoms with Crippen molar-refractivity contribution in [1.29, 1.82) is 0 Å². The van der Waals surface area contributed by atoms with E-state index >= 15 is 0 Å². The SMILES string of the molecule is CC#CC(=O)N(c1cc(C)c(I)cc1C1CC1)c1noc2ccccc12. The fourth-order valence-corrected chi connectivity index (χ4v) is 3.60. The van der Waals surface area contributed by atoms with Crippen LogP contribution in [0.5, 0.6) is 0 Å². The van der Waals surface area contributed by atoms with Crippen LogP contribution in [0, 0.1) is 22.3 Å². The summed E-state index contributed by atoms with van der Waals surface area (Å²) in [4.78, 5) is 14.6. The predicted octanol–water partition coefficient (Wildman–Crippen LogP) is 5.31. The van der Waals surface area contributed by atoms with E-state index in [-0.39, 0.29) is 5.91 Å². The van der Waals surface area contributed by atoms with Crippen LogP contribution in [-0.2, 0) is 4.79 Å². The van der Waals surface area contributed by atoms with Gasteiger partial charge in [-0.15, -0.1) is 0 Å². The van der Waals surface area contributed by atoms with Gasteiger partial charge in [0.25, 0.3) is 0 Å². The average molecular weight is 456 g/mol. The molecular weight excluding hydrogens is 439 g/mol. The number of aryl methyl sites for hydroxylation is 1. The fourth-order valence-electron chi connectivity index (χ4n) is 3.11. The number of hydrogen-bond donors (Lipinski definition) is 0. The predicted molar refractivity (Wildman–Crippen MR) is 110 cm³/mol. The molecule has 1 amide bonds. The molecule has 0 bridgehead atoms. The molecule has 1 aromatic heterocycles. The third-order valence-corrected chi connectivity index (χ3v) is 5.73. The average Bonchev–Trinajstić information content (AvgIpc) is 3.39. The summed E-state index contributed by atoms with van der Waals surface area (Å²) < 4.78 is 6.66. The van der Waals surface area contributed by atoms with Crippen LogP contribution in [-0.4, -0.2) is 11.1 Å². The Hall–Kier alpha value is -2.33. The van der Waals surface area contributed by atoms with Crippen molar-refractivity contribution in [2.45, 2.75) is 32.6 Å². The summed E-state index contributed by atoms with van der Waals surface area (Å²) in [5.41, 5.74) is 3.82. The molecule has 130 valence electrons. The molecule has 0 spiro atoms. The van der Waals surface area contributed by atoms with Gasteiger partial charge in [0.1, 0.15) is 0 Å². The van der Waals surface area contributed by atoms with Gasteiger partial charge in [-0.05, 0) is 96.5 Å². The smallest absolute Gasteiger partial charge is 0.308 e. The number of amides is 1. The van der Waals surface area contributed by atoms with E-state index in [1.54, 1.807) is 11.8 Å². The first kappa shape index (κ1) is 17.1. The minimum Gasteiger partial charge on any atom is -0.354 e. The standard InChI is InChI=1S/C21H17IN2O2/c1-3-6-20(25)24(21-15-7-4-5-8-19(15)26-23-21)18-11-13(2)17(22)12-16(18)14-9-10-14/h4-5,7-8,11-12,14H,9-10H2,1-2H3. The van der Waals surface area contributed by atoms with Gasteiger partial charge in [-0.25, -0.2) is 0 Å². The highest BCUT2D eigenvalue weighted by Gasteiger charge is 2.32. The molecule has 5 heteroatoms. The number of para-hydroxylation sites is 1. The molecule has 0 radical (unpaired) electrons. The summed E-state index contributed by atoms with van der Waals surface area (Å²) in [7, 11) is 0. The largest absolute Gasteiger partial charge is 0.354 e. The van der Waals surface area contributed by atoms with E-state index in [1.165, 1.54) is 9.13 Å². The van der Waals surface area contributed by atoms with Crippen LogP contribution in [0.3, 0.4) is 0 Å². The zero-order chi connectivity index (χ0) is 18.3. The Morgan fingerprint density at radius 1 is 1.31 bits per heavy atom. The Morgan fingerprint density at radius 3 is 2.81 bits per heavy atom. The van der Waals surface area contributed by atoms with Gasteiger partial charge in [0.15, 0.2) is 11.4 Å². The van der Waals surface area contributed by atoms with Crippen LogP contribution in [0.4, 0.5) is 11.5 Å². The summed E-state index contributed by atoms with van der Waals surface area (Å²) in [6.07, 6.45) is 2.29. The first-order valence-corrected chi connectivity index (χ1v) is 9.59. The second-order valence-corrected chi connectivity index (χ2v) is 7.61. The molecule has 0 unspecified atom stereocenters. The third-order valence-electron chi connectivity index (χ3n) is 4.57. The lowest BCUT2D eigenvalue weighted by molar-refractivity contribution is -0.112. The number of carbonyl (C=O) groups excluding carboxylic acids is 1. The number of rotatable bonds is 3. The maximum absolute atomic E-state index is 12.9. The number of carbonyl (C=O) groups is 1. The van der Waals surface area contributed by atoms with E-state index in [1.807, 2.05) is 24.3 Å². The highest BCUT2D eigenvalue weighted by atomic mass is 127. The first-order valence-electron chi connectivity index (χ1n) is 8.51. The van der Waals surface area contributed by atoms with Crippen molar-refractivity contribution < 1.29 is 9.32 Å². The Morgan fingerprint density at radius 2 is 2.08 bits per heavy atom. The minimum atomic E-state index is -0.297. The highest BCUT2D eigenvalue weighted by molar-refractivity contribution is 14.1. The molecule has 2 aromatic carbocycles. The van der Waals surface area contributed by atoms with Crippen LogP contribution in [0.2, 0.25) is 0 Å². The third kappa shape index (κ3) is 2.99. The maximum atomic E-state index is 12.9. The monoisotopic (exact) mass is 456 g/mol. The van der Waals surface area contributed by atoms with E-state index in [4.69, 9.17) is 4.52 Å². The van der Waals surface area contributed by atoms with Crippen molar-refractivity contribution in [2.75, 3.05) is 4.90 Å². The van der Waals surface area contributed by atoms with Crippen molar-refractivity contribution in [2.24, 2.45) is 0 Å². The molecule has 0 aliphatic heterocycles. The van der Waals surface area contributed by atoms with E-state index in [0.29, 0.717) is 17.3 Å². The van der Waals surface area contributed by atoms with Crippen LogP contribution in [0.15, 0.2) is 40.9 Å². The summed E-state index contributed by atoms with van der Waals surface area (Å²) >= 11 is 2.35. The number of benzene rings is 2. The molecule has 1 fully saturated rings. The van der Waals surface area contributed by atoms with E-state index < -0.39 is 0 Å². The van der Waals surface area contributed by atoms with Gasteiger partial charge in [-0.3, -0.25) is 9.69 Å². The Labute approximate surface area is 165 Å². The van der Waals surface area contributed by atoms with Gasteiger partial charge in [0.2, 0.25) is 0 Å². The van der Waals surface area contributed by atoms with Crippen molar-refractivity contribution in [3.05, 3.63) is 51.1 Å². The summed E-state index contributed by atoms with van der Waals surface area (Å²) in [5, 5.41) is 5.01. The lowest BCUT2D eigenvalue weighted by atomic mass is 10.0. The highest BCUT2D eigenvalue weighted by Crippen LogP contribution is 2.47. The maximum Gasteiger partial charge on any atom is 0.308 e. The number of hydrogen-bond acceptors (Lipinski definition) is 3. The molecule has 0 N–H and O–H groups in total. The zero-order valence-electron chi connectivity index (χ0n) is 14.5. The van der Waals surface area contributed by atoms with Crippen molar-refractivity contribution >= 4 is 51.0 Å². The van der Waals surface area contributed by atoms with Gasteiger partial charge in [-0.2, -0.15) is 0 Å². The number of fused-ring (bicyclic) bond motifs is 1. The van der Waals surface area contributed by atoms with Crippen molar-refractivity contribution in [3.8, 4) is 11.8 Å². The van der Waals surface area contributed by atoms with Crippen LogP contribution in [0.1, 0.15) is 36.8 Å². The van der Waals surface area contributed by atoms with Crippen LogP contribution < -0.4 is 4.90 Å². The molecule has 1 heterocycles. The van der Waals surface area contributed by atoms with E-state index in [2.05, 4.69) is 58.6 Å². The molecule has 1 saturated carbocycles. The topological polar surface area (TPSA) is 46.3 Å². The molecule has 0 saturated heterocycles. The van der Waals surface area contributed by atoms with Crippen molar-refractivity contribution in [1.82, 2.24) is 5.16 Å². The minimum absolute atomic E-state index is 0.297. The lowest BCUT2D eigenvalue weighted by Gasteiger charge is -2.22. The number of halogens is 1. The Bertz CT molecular complexity index is 1070. The second kappa shape index (κ2) is 6.76. The Balaban J connectivity index is 1.96. The molecule has 3 aromatic rings. The molecule has 26 heavy (non-hydrogen) atoms. The normalized spacial score (nSPS) is 13.3. The Kier molecular flexibility index (Phi) is 4.45. The lowest BCUT2D eigenvalue weighted by Crippen LogP contribution is -2.26. The molecule has 1 aliphatic carbocycles. The van der Waals surface area contributed by atoms with Crippen LogP contribution in [0.25, 0.3) is 11.0 Å². The molecule has 0 atom stereocenters. The molecule has 4 rings (SSSR count). The van der Waals surface area contributed by atoms with E-state index in [9.17, 15) is 4.79 Å². The van der Waals surface area contributed by atoms with Crippen molar-refractivity contribution in [3.63, 3.8) is 0 Å².